The van der Waals surface area contributed by atoms with Gasteiger partial charge in [0.2, 0.25) is 11.8 Å². The monoisotopic (exact) mass is 459 g/mol. The minimum Gasteiger partial charge on any atom is -0.444 e. The standard InChI is InChI=1S/C20H21N5O4S2/c1-12-5-7-15(8-6-12)31(27,28)11-17-23-24-20(25(17)4)30-10-18(26)22-19-16(9-21)13(2)14(3)29-19/h5-8H,10-11H2,1-4H3,(H,22,26). The second-order valence-corrected chi connectivity index (χ2v) is 9.90. The van der Waals surface area contributed by atoms with Crippen LogP contribution in [0.4, 0.5) is 5.88 Å². The lowest BCUT2D eigenvalue weighted by molar-refractivity contribution is -0.113. The van der Waals surface area contributed by atoms with E-state index in [1.54, 1.807) is 49.7 Å². The molecule has 0 aliphatic heterocycles. The maximum absolute atomic E-state index is 12.6. The number of aryl methyl sites for hydroxylation is 2. The summed E-state index contributed by atoms with van der Waals surface area (Å²) in [5.41, 5.74) is 1.94. The van der Waals surface area contributed by atoms with E-state index in [0.717, 1.165) is 17.3 Å². The lowest BCUT2D eigenvalue weighted by atomic mass is 10.2. The molecule has 0 spiro atoms. The Morgan fingerprint density at radius 1 is 1.23 bits per heavy atom. The van der Waals surface area contributed by atoms with Crippen LogP contribution in [-0.4, -0.2) is 34.8 Å². The molecule has 11 heteroatoms. The molecule has 162 valence electrons. The molecule has 0 aliphatic carbocycles. The second-order valence-electron chi connectivity index (χ2n) is 6.97. The highest BCUT2D eigenvalue weighted by molar-refractivity contribution is 7.99. The summed E-state index contributed by atoms with van der Waals surface area (Å²) in [4.78, 5) is 12.5. The summed E-state index contributed by atoms with van der Waals surface area (Å²) in [6.07, 6.45) is 0. The summed E-state index contributed by atoms with van der Waals surface area (Å²) in [7, 11) is -1.93. The van der Waals surface area contributed by atoms with Crippen LogP contribution in [0.5, 0.6) is 0 Å². The van der Waals surface area contributed by atoms with Gasteiger partial charge in [0.25, 0.3) is 0 Å². The first-order chi connectivity index (χ1) is 14.6. The van der Waals surface area contributed by atoms with Gasteiger partial charge in [-0.3, -0.25) is 10.1 Å². The molecular weight excluding hydrogens is 438 g/mol. The van der Waals surface area contributed by atoms with Crippen molar-refractivity contribution >= 4 is 33.4 Å². The Kier molecular flexibility index (Phi) is 6.52. The van der Waals surface area contributed by atoms with Crippen LogP contribution in [0.3, 0.4) is 0 Å². The van der Waals surface area contributed by atoms with E-state index in [4.69, 9.17) is 4.42 Å². The zero-order chi connectivity index (χ0) is 22.8. The van der Waals surface area contributed by atoms with Crippen molar-refractivity contribution in [2.75, 3.05) is 11.1 Å². The van der Waals surface area contributed by atoms with Gasteiger partial charge in [-0.25, -0.2) is 8.42 Å². The number of thioether (sulfide) groups is 1. The highest BCUT2D eigenvalue weighted by atomic mass is 32.2. The van der Waals surface area contributed by atoms with Gasteiger partial charge in [0, 0.05) is 12.6 Å². The van der Waals surface area contributed by atoms with Crippen molar-refractivity contribution in [2.24, 2.45) is 7.05 Å². The van der Waals surface area contributed by atoms with E-state index >= 15 is 0 Å². The molecule has 0 unspecified atom stereocenters. The first-order valence-electron chi connectivity index (χ1n) is 9.23. The summed E-state index contributed by atoms with van der Waals surface area (Å²) in [5.74, 6) is 0.251. The number of hydrogen-bond acceptors (Lipinski definition) is 8. The zero-order valence-electron chi connectivity index (χ0n) is 17.5. The molecule has 0 radical (unpaired) electrons. The van der Waals surface area contributed by atoms with Crippen LogP contribution in [0.25, 0.3) is 0 Å². The molecule has 0 saturated carbocycles. The fourth-order valence-electron chi connectivity index (χ4n) is 2.74. The Labute approximate surface area is 184 Å². The molecule has 1 N–H and O–H groups in total. The smallest absolute Gasteiger partial charge is 0.237 e. The van der Waals surface area contributed by atoms with Crippen LogP contribution in [0.2, 0.25) is 0 Å². The molecule has 0 saturated heterocycles. The SMILES string of the molecule is Cc1ccc(S(=O)(=O)Cc2nnc(SCC(=O)Nc3oc(C)c(C)c3C#N)n2C)cc1. The van der Waals surface area contributed by atoms with Gasteiger partial charge < -0.3 is 8.98 Å². The van der Waals surface area contributed by atoms with Gasteiger partial charge in [-0.15, -0.1) is 10.2 Å². The predicted molar refractivity (Wildman–Crippen MR) is 115 cm³/mol. The van der Waals surface area contributed by atoms with Crippen LogP contribution in [0.15, 0.2) is 38.7 Å². The maximum atomic E-state index is 12.6. The summed E-state index contributed by atoms with van der Waals surface area (Å²) >= 11 is 1.10. The highest BCUT2D eigenvalue weighted by Crippen LogP contribution is 2.26. The van der Waals surface area contributed by atoms with Crippen molar-refractivity contribution in [3.8, 4) is 6.07 Å². The van der Waals surface area contributed by atoms with E-state index in [1.807, 2.05) is 13.0 Å². The average molecular weight is 460 g/mol. The number of sulfone groups is 1. The third-order valence-corrected chi connectivity index (χ3v) is 7.36. The van der Waals surface area contributed by atoms with Gasteiger partial charge in [-0.1, -0.05) is 29.5 Å². The van der Waals surface area contributed by atoms with E-state index in [-0.39, 0.29) is 39.6 Å². The predicted octanol–water partition coefficient (Wildman–Crippen LogP) is 2.91. The van der Waals surface area contributed by atoms with Gasteiger partial charge in [0.1, 0.15) is 29.0 Å². The summed E-state index contributed by atoms with van der Waals surface area (Å²) in [6, 6.07) is 8.62. The molecule has 2 heterocycles. The molecule has 9 nitrogen and oxygen atoms in total. The Morgan fingerprint density at radius 3 is 2.55 bits per heavy atom. The first kappa shape index (κ1) is 22.6. The first-order valence-corrected chi connectivity index (χ1v) is 11.9. The van der Waals surface area contributed by atoms with E-state index in [2.05, 4.69) is 15.5 Å². The molecule has 3 aromatic rings. The molecule has 2 aromatic heterocycles. The Bertz CT molecular complexity index is 1270. The van der Waals surface area contributed by atoms with Crippen LogP contribution in [-0.2, 0) is 27.4 Å². The largest absolute Gasteiger partial charge is 0.444 e. The number of aromatic nitrogens is 3. The minimum absolute atomic E-state index is 0.0135. The quantitative estimate of drug-likeness (QED) is 0.534. The van der Waals surface area contributed by atoms with Crippen molar-refractivity contribution < 1.29 is 17.6 Å². The van der Waals surface area contributed by atoms with Crippen molar-refractivity contribution in [3.05, 3.63) is 52.5 Å². The number of anilines is 1. The number of nitrogens with one attached hydrogen (secondary N) is 1. The molecule has 3 rings (SSSR count). The van der Waals surface area contributed by atoms with Crippen LogP contribution >= 0.6 is 11.8 Å². The summed E-state index contributed by atoms with van der Waals surface area (Å²) < 4.78 is 32.3. The topological polar surface area (TPSA) is 131 Å². The summed E-state index contributed by atoms with van der Waals surface area (Å²) in [6.45, 7) is 5.34. The van der Waals surface area contributed by atoms with E-state index in [0.29, 0.717) is 16.5 Å². The number of rotatable bonds is 7. The van der Waals surface area contributed by atoms with Gasteiger partial charge in [0.15, 0.2) is 15.0 Å². The Balaban J connectivity index is 1.65. The molecule has 1 aromatic carbocycles. The van der Waals surface area contributed by atoms with Crippen LogP contribution in [0.1, 0.15) is 28.3 Å². The third-order valence-electron chi connectivity index (χ3n) is 4.71. The molecule has 1 amide bonds. The number of furan rings is 1. The fraction of sp³-hybridized carbons (Fsp3) is 0.300. The number of nitrogens with zero attached hydrogens (tertiary/aromatic N) is 4. The Morgan fingerprint density at radius 2 is 1.90 bits per heavy atom. The van der Waals surface area contributed by atoms with Crippen molar-refractivity contribution in [1.82, 2.24) is 14.8 Å². The van der Waals surface area contributed by atoms with Crippen molar-refractivity contribution in [3.63, 3.8) is 0 Å². The number of carbonyl (C=O) groups is 1. The normalized spacial score (nSPS) is 11.3. The molecule has 0 fully saturated rings. The second kappa shape index (κ2) is 8.95. The lowest BCUT2D eigenvalue weighted by Crippen LogP contribution is -2.15. The van der Waals surface area contributed by atoms with Gasteiger partial charge in [0.05, 0.1) is 10.6 Å². The van der Waals surface area contributed by atoms with Crippen molar-refractivity contribution in [1.29, 1.82) is 5.26 Å². The number of nitriles is 1. The zero-order valence-corrected chi connectivity index (χ0v) is 19.1. The van der Waals surface area contributed by atoms with Crippen molar-refractivity contribution in [2.45, 2.75) is 36.6 Å². The number of benzene rings is 1. The van der Waals surface area contributed by atoms with Crippen LogP contribution in [0, 0.1) is 32.1 Å². The lowest BCUT2D eigenvalue weighted by Gasteiger charge is -2.06. The third kappa shape index (κ3) is 4.98. The van der Waals surface area contributed by atoms with Gasteiger partial charge in [-0.05, 0) is 32.9 Å². The van der Waals surface area contributed by atoms with E-state index < -0.39 is 9.84 Å². The fourth-order valence-corrected chi connectivity index (χ4v) is 4.78. The summed E-state index contributed by atoms with van der Waals surface area (Å²) in [5, 5.41) is 20.2. The van der Waals surface area contributed by atoms with E-state index in [9.17, 15) is 18.5 Å². The Hall–Kier alpha value is -3.10. The number of carbonyl (C=O) groups excluding carboxylic acids is 1. The number of hydrogen-bond donors (Lipinski definition) is 1. The molecule has 0 bridgehead atoms. The maximum Gasteiger partial charge on any atom is 0.237 e. The van der Waals surface area contributed by atoms with Gasteiger partial charge in [-0.2, -0.15) is 5.26 Å². The minimum atomic E-state index is -3.58. The molecule has 0 atom stereocenters. The molecule has 31 heavy (non-hydrogen) atoms. The molecular formula is C20H21N5O4S2. The molecule has 0 aliphatic rings. The highest BCUT2D eigenvalue weighted by Gasteiger charge is 2.21. The number of amides is 1. The van der Waals surface area contributed by atoms with Gasteiger partial charge >= 0.3 is 0 Å². The van der Waals surface area contributed by atoms with Crippen LogP contribution < -0.4 is 5.32 Å². The average Bonchev–Trinajstić information content (AvgIpc) is 3.19. The van der Waals surface area contributed by atoms with E-state index in [1.165, 1.54) is 0 Å².